The van der Waals surface area contributed by atoms with Crippen LogP contribution < -0.4 is 4.90 Å². The molecule has 5 nitrogen and oxygen atoms in total. The number of aromatic nitrogens is 4. The van der Waals surface area contributed by atoms with Gasteiger partial charge in [-0.3, -0.25) is 4.98 Å². The minimum absolute atomic E-state index is 0.389. The van der Waals surface area contributed by atoms with Crippen LogP contribution in [0.4, 0.5) is 5.69 Å². The summed E-state index contributed by atoms with van der Waals surface area (Å²) < 4.78 is 2.23. The van der Waals surface area contributed by atoms with Crippen molar-refractivity contribution in [2.45, 2.75) is 58.9 Å². The van der Waals surface area contributed by atoms with Gasteiger partial charge < -0.3 is 9.47 Å². The minimum atomic E-state index is 0.389. The van der Waals surface area contributed by atoms with E-state index in [0.717, 1.165) is 36.5 Å². The van der Waals surface area contributed by atoms with Gasteiger partial charge in [-0.2, -0.15) is 0 Å². The van der Waals surface area contributed by atoms with E-state index in [1.54, 1.807) is 0 Å². The maximum Gasteiger partial charge on any atom is 0.137 e. The predicted octanol–water partition coefficient (Wildman–Crippen LogP) is 4.66. The Balaban J connectivity index is 1.76. The third-order valence-electron chi connectivity index (χ3n) is 5.78. The Bertz CT molecular complexity index is 943. The van der Waals surface area contributed by atoms with Gasteiger partial charge in [0.05, 0.1) is 11.2 Å². The monoisotopic (exact) mass is 363 g/mol. The number of pyridine rings is 1. The summed E-state index contributed by atoms with van der Waals surface area (Å²) in [6.07, 6.45) is 5.23. The lowest BCUT2D eigenvalue weighted by Gasteiger charge is -2.36. The molecule has 4 rings (SSSR count). The maximum atomic E-state index is 4.86. The Kier molecular flexibility index (Phi) is 4.85. The zero-order valence-corrected chi connectivity index (χ0v) is 16.8. The second-order valence-corrected chi connectivity index (χ2v) is 7.87. The van der Waals surface area contributed by atoms with E-state index in [1.807, 2.05) is 6.33 Å². The number of aryl methyl sites for hydroxylation is 1. The summed E-state index contributed by atoms with van der Waals surface area (Å²) in [5.41, 5.74) is 4.99. The van der Waals surface area contributed by atoms with Crippen molar-refractivity contribution < 1.29 is 0 Å². The van der Waals surface area contributed by atoms with Crippen LogP contribution in [0.1, 0.15) is 62.7 Å². The van der Waals surface area contributed by atoms with Gasteiger partial charge in [-0.25, -0.2) is 0 Å². The van der Waals surface area contributed by atoms with Crippen LogP contribution in [0, 0.1) is 6.92 Å². The Morgan fingerprint density at radius 1 is 1.22 bits per heavy atom. The molecule has 1 aliphatic rings. The zero-order chi connectivity index (χ0) is 19.0. The van der Waals surface area contributed by atoms with Gasteiger partial charge in [-0.15, -0.1) is 10.2 Å². The van der Waals surface area contributed by atoms with Crippen LogP contribution in [0.5, 0.6) is 0 Å². The maximum absolute atomic E-state index is 4.86. The number of anilines is 1. The summed E-state index contributed by atoms with van der Waals surface area (Å²) in [7, 11) is 0. The van der Waals surface area contributed by atoms with Crippen molar-refractivity contribution in [1.82, 2.24) is 19.7 Å². The lowest BCUT2D eigenvalue weighted by Crippen LogP contribution is -2.36. The Labute approximate surface area is 161 Å². The third kappa shape index (κ3) is 3.20. The molecule has 27 heavy (non-hydrogen) atoms. The molecule has 0 saturated carbocycles. The normalized spacial score (nSPS) is 17.8. The molecule has 142 valence electrons. The third-order valence-corrected chi connectivity index (χ3v) is 5.78. The zero-order valence-electron chi connectivity index (χ0n) is 16.8. The van der Waals surface area contributed by atoms with Gasteiger partial charge in [0.25, 0.3) is 0 Å². The number of para-hydroxylation sites is 1. The molecule has 0 amide bonds. The van der Waals surface area contributed by atoms with Crippen molar-refractivity contribution in [1.29, 1.82) is 0 Å². The van der Waals surface area contributed by atoms with Crippen molar-refractivity contribution in [2.24, 2.45) is 0 Å². The second kappa shape index (κ2) is 7.29. The van der Waals surface area contributed by atoms with Crippen LogP contribution in [0.2, 0.25) is 0 Å². The largest absolute Gasteiger partial charge is 0.370 e. The van der Waals surface area contributed by atoms with Crippen molar-refractivity contribution in [2.75, 3.05) is 18.0 Å². The molecule has 3 aromatic rings. The van der Waals surface area contributed by atoms with Crippen LogP contribution in [0.25, 0.3) is 10.9 Å². The number of benzene rings is 1. The lowest BCUT2D eigenvalue weighted by atomic mass is 9.94. The van der Waals surface area contributed by atoms with Crippen molar-refractivity contribution in [3.63, 3.8) is 0 Å². The minimum Gasteiger partial charge on any atom is -0.370 e. The average molecular weight is 364 g/mol. The molecular weight excluding hydrogens is 334 g/mol. The lowest BCUT2D eigenvalue weighted by molar-refractivity contribution is 0.455. The van der Waals surface area contributed by atoms with Gasteiger partial charge in [-0.1, -0.05) is 25.1 Å². The molecule has 1 unspecified atom stereocenters. The molecule has 2 aromatic heterocycles. The van der Waals surface area contributed by atoms with Crippen molar-refractivity contribution >= 4 is 16.6 Å². The number of nitrogens with zero attached hydrogens (tertiary/aromatic N) is 5. The first-order valence-corrected chi connectivity index (χ1v) is 10.1. The van der Waals surface area contributed by atoms with E-state index < -0.39 is 0 Å². The van der Waals surface area contributed by atoms with E-state index in [9.17, 15) is 0 Å². The van der Waals surface area contributed by atoms with E-state index in [1.165, 1.54) is 29.5 Å². The molecule has 0 aliphatic carbocycles. The fourth-order valence-electron chi connectivity index (χ4n) is 4.47. The number of piperidine rings is 1. The first-order chi connectivity index (χ1) is 13.1. The molecule has 0 N–H and O–H groups in total. The van der Waals surface area contributed by atoms with Gasteiger partial charge in [-0.05, 0) is 51.7 Å². The number of hydrogen-bond acceptors (Lipinski definition) is 4. The molecular formula is C22H29N5. The van der Waals surface area contributed by atoms with Crippen molar-refractivity contribution in [3.05, 3.63) is 47.7 Å². The van der Waals surface area contributed by atoms with Gasteiger partial charge in [0.15, 0.2) is 0 Å². The van der Waals surface area contributed by atoms with E-state index in [-0.39, 0.29) is 0 Å². The van der Waals surface area contributed by atoms with Crippen LogP contribution in [-0.2, 0) is 6.42 Å². The molecule has 1 fully saturated rings. The quantitative estimate of drug-likeness (QED) is 0.676. The highest BCUT2D eigenvalue weighted by Gasteiger charge is 2.28. The van der Waals surface area contributed by atoms with E-state index in [2.05, 4.69) is 71.6 Å². The summed E-state index contributed by atoms with van der Waals surface area (Å²) in [4.78, 5) is 7.43. The molecule has 1 atom stereocenters. The summed E-state index contributed by atoms with van der Waals surface area (Å²) in [5, 5.41) is 9.95. The second-order valence-electron chi connectivity index (χ2n) is 7.87. The van der Waals surface area contributed by atoms with Gasteiger partial charge in [0.2, 0.25) is 0 Å². The fraction of sp³-hybridized carbons (Fsp3) is 0.500. The first-order valence-electron chi connectivity index (χ1n) is 10.1. The van der Waals surface area contributed by atoms with E-state index in [0.29, 0.717) is 12.0 Å². The molecule has 0 bridgehead atoms. The number of fused-ring (bicyclic) bond motifs is 1. The predicted molar refractivity (Wildman–Crippen MR) is 110 cm³/mol. The Morgan fingerprint density at radius 3 is 2.81 bits per heavy atom. The van der Waals surface area contributed by atoms with Crippen LogP contribution in [0.15, 0.2) is 30.6 Å². The average Bonchev–Trinajstić information content (AvgIpc) is 3.17. The molecule has 5 heteroatoms. The highest BCUT2D eigenvalue weighted by atomic mass is 15.3. The Hall–Kier alpha value is -2.43. The Morgan fingerprint density at radius 2 is 2.04 bits per heavy atom. The van der Waals surface area contributed by atoms with Crippen molar-refractivity contribution in [3.8, 4) is 0 Å². The van der Waals surface area contributed by atoms with Crippen LogP contribution in [-0.4, -0.2) is 32.8 Å². The molecule has 1 aromatic carbocycles. The molecule has 1 aliphatic heterocycles. The highest BCUT2D eigenvalue weighted by molar-refractivity contribution is 5.94. The number of hydrogen-bond donors (Lipinski definition) is 0. The molecule has 0 radical (unpaired) electrons. The number of rotatable bonds is 4. The fourth-order valence-corrected chi connectivity index (χ4v) is 4.47. The summed E-state index contributed by atoms with van der Waals surface area (Å²) in [6, 6.07) is 8.94. The smallest absolute Gasteiger partial charge is 0.137 e. The standard InChI is InChI=1S/C22H29N5/c1-5-18-16(4)24-20-11-7-6-10-19(20)21(18)26-12-8-9-17(13-26)22-25-23-14-27(22)15(2)3/h6-7,10-11,14-15,17H,5,8-9,12-13H2,1-4H3. The topological polar surface area (TPSA) is 46.8 Å². The van der Waals surface area contributed by atoms with E-state index >= 15 is 0 Å². The molecule has 3 heterocycles. The van der Waals surface area contributed by atoms with Gasteiger partial charge in [0.1, 0.15) is 12.2 Å². The highest BCUT2D eigenvalue weighted by Crippen LogP contribution is 2.37. The van der Waals surface area contributed by atoms with Gasteiger partial charge >= 0.3 is 0 Å². The summed E-state index contributed by atoms with van der Waals surface area (Å²) >= 11 is 0. The SMILES string of the molecule is CCc1c(C)nc2ccccc2c1N1CCCC(c2nncn2C(C)C)C1. The molecule has 1 saturated heterocycles. The van der Waals surface area contributed by atoms with E-state index in [4.69, 9.17) is 4.98 Å². The summed E-state index contributed by atoms with van der Waals surface area (Å²) in [6.45, 7) is 10.9. The van der Waals surface area contributed by atoms with Crippen LogP contribution >= 0.6 is 0 Å². The first kappa shape index (κ1) is 18.0. The summed E-state index contributed by atoms with van der Waals surface area (Å²) in [5.74, 6) is 1.54. The molecule has 0 spiro atoms. The van der Waals surface area contributed by atoms with Gasteiger partial charge in [0, 0.05) is 36.1 Å². The van der Waals surface area contributed by atoms with Crippen LogP contribution in [0.3, 0.4) is 0 Å².